The van der Waals surface area contributed by atoms with E-state index in [-0.39, 0.29) is 48.5 Å². The van der Waals surface area contributed by atoms with Crippen molar-refractivity contribution in [1.82, 2.24) is 10.9 Å². The van der Waals surface area contributed by atoms with Crippen LogP contribution in [0.5, 0.6) is 5.75 Å². The summed E-state index contributed by atoms with van der Waals surface area (Å²) in [7, 11) is 0. The number of aliphatic hydroxyl groups excluding tert-OH is 1. The second-order valence-electron chi connectivity index (χ2n) is 11.8. The van der Waals surface area contributed by atoms with Crippen LogP contribution in [0.15, 0.2) is 106 Å². The summed E-state index contributed by atoms with van der Waals surface area (Å²) in [5, 5.41) is 16.5. The van der Waals surface area contributed by atoms with Crippen LogP contribution in [0.25, 0.3) is 20.9 Å². The zero-order valence-electron chi connectivity index (χ0n) is 27.8. The van der Waals surface area contributed by atoms with Crippen LogP contribution in [-0.4, -0.2) is 35.7 Å². The summed E-state index contributed by atoms with van der Waals surface area (Å²) >= 11 is 0. The fourth-order valence-electron chi connectivity index (χ4n) is 5.66. The third-order valence-corrected chi connectivity index (χ3v) is 8.15. The smallest absolute Gasteiger partial charge is 0.416 e. The van der Waals surface area contributed by atoms with Crippen molar-refractivity contribution in [3.8, 4) is 5.75 Å². The van der Waals surface area contributed by atoms with Crippen LogP contribution in [0.4, 0.5) is 37.7 Å². The van der Waals surface area contributed by atoms with E-state index in [2.05, 4.69) is 30.9 Å². The molecule has 280 valence electrons. The first kappa shape index (κ1) is 39.0. The summed E-state index contributed by atoms with van der Waals surface area (Å²) in [4.78, 5) is 25.1. The number of aliphatic hydroxyl groups is 1. The first-order valence-corrected chi connectivity index (χ1v) is 16.0. The Morgan fingerprint density at radius 2 is 1.50 bits per heavy atom. The van der Waals surface area contributed by atoms with Crippen molar-refractivity contribution in [3.63, 3.8) is 0 Å². The first-order valence-electron chi connectivity index (χ1n) is 16.0. The number of alkyl halides is 6. The number of aliphatic imine (C=N–C) groups is 1. The van der Waals surface area contributed by atoms with Gasteiger partial charge in [0.1, 0.15) is 5.75 Å². The number of benzene rings is 4. The van der Waals surface area contributed by atoms with Crippen LogP contribution < -0.4 is 15.6 Å². The maximum absolute atomic E-state index is 14.5. The predicted molar refractivity (Wildman–Crippen MR) is 182 cm³/mol. The van der Waals surface area contributed by atoms with Gasteiger partial charge >= 0.3 is 12.4 Å². The highest BCUT2D eigenvalue weighted by Crippen LogP contribution is 2.46. The Morgan fingerprint density at radius 1 is 0.889 bits per heavy atom. The minimum Gasteiger partial charge on any atom is -0.494 e. The lowest BCUT2D eigenvalue weighted by Gasteiger charge is -2.31. The molecule has 0 aromatic heterocycles. The maximum Gasteiger partial charge on any atom is 0.416 e. The number of nitrogens with one attached hydrogen (secondary N) is 2. The molecule has 0 saturated heterocycles. The Kier molecular flexibility index (Phi) is 12.0. The van der Waals surface area contributed by atoms with Gasteiger partial charge in [-0.05, 0) is 64.7 Å². The number of rotatable bonds is 14. The Hall–Kier alpha value is -6.26. The summed E-state index contributed by atoms with van der Waals surface area (Å²) in [5.41, 5.74) is 18.9. The molecule has 54 heavy (non-hydrogen) atoms. The molecular weight excluding hydrogens is 724 g/mol. The molecule has 1 aliphatic rings. The van der Waals surface area contributed by atoms with Gasteiger partial charge in [0.25, 0.3) is 5.91 Å². The van der Waals surface area contributed by atoms with Gasteiger partial charge in [0.15, 0.2) is 11.6 Å². The molecule has 0 saturated carbocycles. The number of nitrogens with zero attached hydrogens (tertiary/aromatic N) is 7. The lowest BCUT2D eigenvalue weighted by atomic mass is 9.81. The van der Waals surface area contributed by atoms with Crippen LogP contribution in [0, 0.1) is 0 Å². The van der Waals surface area contributed by atoms with Crippen molar-refractivity contribution in [2.24, 2.45) is 15.2 Å². The molecule has 0 unspecified atom stereocenters. The van der Waals surface area contributed by atoms with Crippen LogP contribution in [0.3, 0.4) is 0 Å². The minimum atomic E-state index is -5.09. The minimum absolute atomic E-state index is 0.0100. The van der Waals surface area contributed by atoms with Crippen LogP contribution in [-0.2, 0) is 34.8 Å². The molecule has 4 aromatic rings. The van der Waals surface area contributed by atoms with E-state index in [0.29, 0.717) is 35.4 Å². The van der Waals surface area contributed by atoms with Crippen molar-refractivity contribution in [1.29, 1.82) is 0 Å². The van der Waals surface area contributed by atoms with Crippen molar-refractivity contribution in [3.05, 3.63) is 145 Å². The van der Waals surface area contributed by atoms with Crippen LogP contribution >= 0.6 is 0 Å². The summed E-state index contributed by atoms with van der Waals surface area (Å²) in [6.07, 6.45) is -11.5. The van der Waals surface area contributed by atoms with Crippen molar-refractivity contribution < 1.29 is 45.7 Å². The fourth-order valence-corrected chi connectivity index (χ4v) is 5.66. The van der Waals surface area contributed by atoms with E-state index in [0.717, 1.165) is 0 Å². The Morgan fingerprint density at radius 3 is 2.13 bits per heavy atom. The highest BCUT2D eigenvalue weighted by atomic mass is 19.4. The number of carbonyl (C=O) groups excluding carboxylic acids is 1. The van der Waals surface area contributed by atoms with Gasteiger partial charge in [0.2, 0.25) is 5.90 Å². The van der Waals surface area contributed by atoms with Crippen LogP contribution in [0.2, 0.25) is 0 Å². The highest BCUT2D eigenvalue weighted by Gasteiger charge is 2.54. The van der Waals surface area contributed by atoms with E-state index in [4.69, 9.17) is 19.6 Å². The summed E-state index contributed by atoms with van der Waals surface area (Å²) in [6, 6.07) is 19.8. The highest BCUT2D eigenvalue weighted by molar-refractivity contribution is 6.01. The average molecular weight is 754 g/mol. The van der Waals surface area contributed by atoms with Crippen molar-refractivity contribution in [2.75, 3.05) is 13.2 Å². The quantitative estimate of drug-likeness (QED) is 0.0289. The topological polar surface area (TPSA) is 190 Å². The molecule has 3 N–H and O–H groups in total. The van der Waals surface area contributed by atoms with Gasteiger partial charge in [-0.2, -0.15) is 26.3 Å². The van der Waals surface area contributed by atoms with E-state index in [1.165, 1.54) is 18.2 Å². The average Bonchev–Trinajstić information content (AvgIpc) is 3.52. The predicted octanol–water partition coefficient (Wildman–Crippen LogP) is 8.69. The van der Waals surface area contributed by atoms with Crippen LogP contribution in [0.1, 0.15) is 45.9 Å². The van der Waals surface area contributed by atoms with Gasteiger partial charge in [0.05, 0.1) is 17.7 Å². The molecular formula is C35H29F6N9O4. The number of azide groups is 2. The summed E-state index contributed by atoms with van der Waals surface area (Å²) < 4.78 is 93.2. The second kappa shape index (κ2) is 16.6. The lowest BCUT2D eigenvalue weighted by Crippen LogP contribution is -2.53. The van der Waals surface area contributed by atoms with E-state index in [1.807, 2.05) is 0 Å². The number of hydrogen-bond donors (Lipinski definition) is 3. The molecule has 0 bridgehead atoms. The molecule has 0 fully saturated rings. The molecule has 2 atom stereocenters. The van der Waals surface area contributed by atoms with Gasteiger partial charge in [0, 0.05) is 58.3 Å². The van der Waals surface area contributed by atoms with Gasteiger partial charge in [-0.15, -0.1) is 0 Å². The first-order chi connectivity index (χ1) is 25.8. The number of ether oxygens (including phenoxy) is 2. The zero-order valence-corrected chi connectivity index (χ0v) is 27.8. The van der Waals surface area contributed by atoms with E-state index >= 15 is 0 Å². The summed E-state index contributed by atoms with van der Waals surface area (Å²) in [6.45, 7) is -0.512. The van der Waals surface area contributed by atoms with Crippen molar-refractivity contribution in [2.45, 2.75) is 43.4 Å². The Bertz CT molecular complexity index is 2080. The maximum atomic E-state index is 14.5. The van der Waals surface area contributed by atoms with E-state index in [1.54, 1.807) is 54.6 Å². The van der Waals surface area contributed by atoms with E-state index < -0.39 is 53.1 Å². The second-order valence-corrected chi connectivity index (χ2v) is 11.8. The number of amides is 1. The van der Waals surface area contributed by atoms with E-state index in [9.17, 15) is 42.2 Å². The molecule has 0 spiro atoms. The largest absolute Gasteiger partial charge is 0.494 e. The monoisotopic (exact) mass is 753 g/mol. The third kappa shape index (κ3) is 9.02. The zero-order chi connectivity index (χ0) is 38.9. The lowest BCUT2D eigenvalue weighted by molar-refractivity contribution is -0.143. The Labute approximate surface area is 302 Å². The number of hydrogen-bond acceptors (Lipinski definition) is 8. The normalized spacial score (nSPS) is 16.7. The van der Waals surface area contributed by atoms with Gasteiger partial charge < -0.3 is 14.6 Å². The Balaban J connectivity index is 1.60. The van der Waals surface area contributed by atoms with Crippen molar-refractivity contribution >= 4 is 23.2 Å². The third-order valence-electron chi connectivity index (χ3n) is 8.15. The molecule has 5 rings (SSSR count). The molecule has 1 amide bonds. The molecule has 13 nitrogen and oxygen atoms in total. The standard InChI is InChI=1S/C35H29F6N9O4/c36-34(37,38)24-16-21(17-25(18-24)35(39,40)41)20-44-48-32(52)33(19-23-6-1-3-8-28(23)46-49-42)30(27-7-2-4-9-29(27)47-50-43)54-31(45-33)22-10-12-26(13-11-22)53-15-5-14-51/h1-4,6-13,16-18,30,44,51H,5,14-15,19-20H2,(H,48,52)/t30-,33-/m0/s1. The molecule has 0 aliphatic carbocycles. The number of hydrazine groups is 1. The van der Waals surface area contributed by atoms with Gasteiger partial charge in [-0.3, -0.25) is 10.2 Å². The van der Waals surface area contributed by atoms with Gasteiger partial charge in [-0.1, -0.05) is 58.8 Å². The molecule has 0 radical (unpaired) electrons. The molecule has 1 heterocycles. The number of halogens is 6. The number of carbonyl (C=O) groups is 1. The summed E-state index contributed by atoms with van der Waals surface area (Å²) in [5.74, 6) is -0.571. The molecule has 19 heteroatoms. The fraction of sp³-hybridized carbons (Fsp3) is 0.257. The van der Waals surface area contributed by atoms with Gasteiger partial charge in [-0.25, -0.2) is 10.4 Å². The molecule has 4 aromatic carbocycles. The molecule has 1 aliphatic heterocycles. The SMILES string of the molecule is [N-]=[N+]=Nc1ccccc1C[C@]1(C(=O)NNCc2cc(C(F)(F)F)cc(C(F)(F)F)c2)N=C(c2ccc(OCCCO)cc2)O[C@H]1c1ccccc1N=[N+]=[N-].